The first-order chi connectivity index (χ1) is 59.6. The Labute approximate surface area is 735 Å². The average molecular weight is 1840 g/mol. The van der Waals surface area contributed by atoms with Gasteiger partial charge >= 0.3 is 0 Å². The molecule has 0 bridgehead atoms. The number of nitrogens with one attached hydrogen (secondary N) is 3. The number of carbonyl (C=O) groups is 5. The Morgan fingerprint density at radius 3 is 1.32 bits per heavy atom. The van der Waals surface area contributed by atoms with Crippen molar-refractivity contribution < 1.29 is 137 Å². The van der Waals surface area contributed by atoms with Gasteiger partial charge in [-0.25, -0.2) is 0 Å². The summed E-state index contributed by atoms with van der Waals surface area (Å²) in [6.45, 7) is 24.6. The molecule has 702 valence electrons. The predicted molar refractivity (Wildman–Crippen MR) is 468 cm³/mol. The van der Waals surface area contributed by atoms with Crippen molar-refractivity contribution in [1.82, 2.24) is 16.0 Å². The van der Waals surface area contributed by atoms with Crippen LogP contribution < -0.4 is 26.6 Å². The molecular weight excluding hydrogens is 1710 g/mol. The van der Waals surface area contributed by atoms with Crippen LogP contribution >= 0.6 is 0 Å². The minimum Gasteiger partial charge on any atom is -0.379 e. The molecule has 2 aliphatic heterocycles. The number of primary amides is 1. The van der Waals surface area contributed by atoms with Gasteiger partial charge in [0.1, 0.15) is 28.2 Å². The van der Waals surface area contributed by atoms with Gasteiger partial charge in [-0.3, -0.25) is 42.2 Å². The molecule has 39 heteroatoms. The van der Waals surface area contributed by atoms with Gasteiger partial charge in [-0.05, 0) is 137 Å². The minimum atomic E-state index is -5.05. The van der Waals surface area contributed by atoms with Crippen molar-refractivity contribution in [3.05, 3.63) is 95.7 Å². The van der Waals surface area contributed by atoms with Crippen LogP contribution in [-0.4, -0.2) is 282 Å². The highest BCUT2D eigenvalue weighted by atomic mass is 32.2. The lowest BCUT2D eigenvalue weighted by atomic mass is 9.79. The molecule has 0 radical (unpaired) electrons. The van der Waals surface area contributed by atoms with Gasteiger partial charge < -0.3 is 83.4 Å². The molecule has 2 atom stereocenters. The van der Waals surface area contributed by atoms with E-state index in [1.54, 1.807) is 30.4 Å². The molecule has 4 amide bonds. The van der Waals surface area contributed by atoms with Crippen molar-refractivity contribution in [2.75, 3.05) is 190 Å². The van der Waals surface area contributed by atoms with Crippen LogP contribution in [0.15, 0.2) is 104 Å². The second kappa shape index (κ2) is 55.0. The predicted octanol–water partition coefficient (Wildman–Crippen LogP) is 8.65. The number of hydrogen-bond donors (Lipinski definition) is 8. The Hall–Kier alpha value is -7.20. The van der Waals surface area contributed by atoms with Crippen LogP contribution in [0.4, 0.5) is 11.4 Å². The van der Waals surface area contributed by atoms with Crippen LogP contribution in [-0.2, 0) is 132 Å². The van der Waals surface area contributed by atoms with Crippen molar-refractivity contribution in [2.45, 2.75) is 181 Å². The second-order valence-electron chi connectivity index (χ2n) is 30.9. The van der Waals surface area contributed by atoms with Crippen molar-refractivity contribution in [1.29, 1.82) is 0 Å². The van der Waals surface area contributed by atoms with Gasteiger partial charge in [0.05, 0.1) is 161 Å². The van der Waals surface area contributed by atoms with Gasteiger partial charge in [0.2, 0.25) is 29.3 Å². The van der Waals surface area contributed by atoms with Crippen LogP contribution in [0.5, 0.6) is 0 Å². The average Bonchev–Trinajstić information content (AvgIpc) is 1.58. The summed E-state index contributed by atoms with van der Waals surface area (Å²) in [5, 5.41) is 8.90. The maximum absolute atomic E-state index is 14.0. The summed E-state index contributed by atoms with van der Waals surface area (Å²) in [4.78, 5) is 65.4. The molecule has 0 aromatic heterocycles. The standard InChI is InChI=1S/C86H130N6O29S4/c1-8-35-110-39-43-114-47-51-118-55-57-120-53-49-116-45-41-112-37-30-65(93)59-64(21-16-18-32-89-80(95)31-38-113-42-46-117-50-54-121-58-56-119-52-48-115-44-40-111-36-9-2)84(97)90-72(83(87)96)22-17-19-33-88-79(94)25-15-12-20-34-92-74-29-27-69-71(61-67(123(101,102)103)63-76(69)125(107,108)109)82(74)86(6,7)78(92)24-14-11-13-23-77-85(4,5)81-70-60-66(122(98,99)100)62-75(124(104,105)106)68(70)26-28-73(81)91(77)10-3/h11,13-14,23-24,26-29,60-64,72H,8-10,12,15-22,25,30-59H2,1-7H3,(H8-,87,88,89,90,94,95,96,97,98,99,100,101,102,103,104,105,106,107,108,109)/p+1/t64-,72?/m0/s1. The quantitative estimate of drug-likeness (QED) is 0.00886. The zero-order chi connectivity index (χ0) is 91.5. The van der Waals surface area contributed by atoms with Crippen molar-refractivity contribution >= 4 is 109 Å². The molecule has 0 fully saturated rings. The van der Waals surface area contributed by atoms with E-state index in [2.05, 4.69) is 22.9 Å². The number of nitrogens with zero attached hydrogens (tertiary/aromatic N) is 2. The number of nitrogens with two attached hydrogens (primary N) is 1. The van der Waals surface area contributed by atoms with Crippen LogP contribution in [0.1, 0.15) is 156 Å². The number of carbonyl (C=O) groups excluding carboxylic acids is 5. The number of fused-ring (bicyclic) bond motifs is 6. The third-order valence-corrected chi connectivity index (χ3v) is 24.2. The number of rotatable bonds is 69. The Kier molecular flexibility index (Phi) is 46.9. The summed E-state index contributed by atoms with van der Waals surface area (Å²) in [6.07, 6.45) is 14.7. The van der Waals surface area contributed by atoms with Gasteiger partial charge in [0.25, 0.3) is 40.5 Å². The first-order valence-electron chi connectivity index (χ1n) is 42.8. The summed E-state index contributed by atoms with van der Waals surface area (Å²) in [6, 6.07) is 8.88. The maximum atomic E-state index is 14.0. The number of likely N-dealkylation sites (N-methyl/N-ethyl adjacent to an activating group) is 1. The summed E-state index contributed by atoms with van der Waals surface area (Å²) in [5.74, 6) is -2.84. The van der Waals surface area contributed by atoms with E-state index < -0.39 is 94.7 Å². The molecule has 2 heterocycles. The van der Waals surface area contributed by atoms with Gasteiger partial charge in [-0.2, -0.15) is 38.2 Å². The number of unbranched alkanes of at least 4 members (excludes halogenated alkanes) is 4. The number of allylic oxidation sites excluding steroid dienone is 6. The highest BCUT2D eigenvalue weighted by Gasteiger charge is 2.47. The first kappa shape index (κ1) is 107. The zero-order valence-corrected chi connectivity index (χ0v) is 76.4. The number of benzene rings is 4. The normalized spacial score (nSPS) is 14.9. The third kappa shape index (κ3) is 36.0. The Morgan fingerprint density at radius 2 is 0.880 bits per heavy atom. The lowest BCUT2D eigenvalue weighted by Gasteiger charge is -2.26. The summed E-state index contributed by atoms with van der Waals surface area (Å²) in [5.41, 5.74) is 7.52. The molecule has 4 aromatic carbocycles. The summed E-state index contributed by atoms with van der Waals surface area (Å²) >= 11 is 0. The third-order valence-electron chi connectivity index (χ3n) is 20.7. The van der Waals surface area contributed by atoms with Gasteiger partial charge in [0.15, 0.2) is 5.71 Å². The van der Waals surface area contributed by atoms with Crippen LogP contribution in [0.3, 0.4) is 0 Å². The van der Waals surface area contributed by atoms with Crippen molar-refractivity contribution in [3.63, 3.8) is 0 Å². The van der Waals surface area contributed by atoms with E-state index in [4.69, 9.17) is 62.6 Å². The molecule has 0 saturated heterocycles. The lowest BCUT2D eigenvalue weighted by molar-refractivity contribution is -0.438. The highest BCUT2D eigenvalue weighted by molar-refractivity contribution is 7.87. The summed E-state index contributed by atoms with van der Waals surface area (Å²) in [7, 11) is -20.0. The van der Waals surface area contributed by atoms with E-state index in [0.717, 1.165) is 31.2 Å². The molecule has 6 rings (SSSR count). The Balaban J connectivity index is 1.00. The summed E-state index contributed by atoms with van der Waals surface area (Å²) < 4.78 is 210. The van der Waals surface area contributed by atoms with Crippen LogP contribution in [0.25, 0.3) is 21.5 Å². The first-order valence-corrected chi connectivity index (χ1v) is 48.5. The SMILES string of the molecule is CCCOCCOCCOCCOCCOCCOCCC(=O)C[C@H](CCCCNC(=O)CCOCCOCCOCCOCCOCCOCCC)C(=O)NC(CCCCNC(=O)CCCCC[N+]1=C(C=CC=CC=C2N(CC)c3ccc4c(S(=O)(=O)O)cc(S(=O)(=O)O)cc4c3C2(C)C)C(C)(C)c2c1ccc1c(S(=O)(=O)O)cc(S(=O)(=O)O)cc21)C(N)=O. The molecule has 125 heavy (non-hydrogen) atoms. The zero-order valence-electron chi connectivity index (χ0n) is 73.2. The monoisotopic (exact) mass is 1840 g/mol. The fourth-order valence-corrected chi connectivity index (χ4v) is 17.3. The van der Waals surface area contributed by atoms with Crippen LogP contribution in [0.2, 0.25) is 0 Å². The van der Waals surface area contributed by atoms with E-state index in [1.165, 1.54) is 18.2 Å². The molecule has 35 nitrogen and oxygen atoms in total. The van der Waals surface area contributed by atoms with Gasteiger partial charge in [-0.1, -0.05) is 58.4 Å². The fourth-order valence-electron chi connectivity index (χ4n) is 14.6. The largest absolute Gasteiger partial charge is 0.379 e. The molecule has 4 aromatic rings. The smallest absolute Gasteiger partial charge is 0.295 e. The Bertz CT molecular complexity index is 4730. The number of anilines is 1. The number of amides is 4. The van der Waals surface area contributed by atoms with Crippen LogP contribution in [0, 0.1) is 5.92 Å². The maximum Gasteiger partial charge on any atom is 0.295 e. The number of Topliss-reactive ketones (excluding diaryl/α,β-unsaturated/α-hetero) is 1. The molecule has 0 aliphatic carbocycles. The molecule has 0 spiro atoms. The fraction of sp³-hybridized carbons (Fsp3) is 0.628. The minimum absolute atomic E-state index is 0.00199. The molecule has 1 unspecified atom stereocenters. The topological polar surface area (TPSA) is 482 Å². The molecule has 2 aliphatic rings. The van der Waals surface area contributed by atoms with Gasteiger partial charge in [0, 0.05) is 116 Å². The lowest BCUT2D eigenvalue weighted by Crippen LogP contribution is -2.47. The molecule has 9 N–H and O–H groups in total. The van der Waals surface area contributed by atoms with Crippen molar-refractivity contribution in [3.8, 4) is 0 Å². The van der Waals surface area contributed by atoms with Crippen molar-refractivity contribution in [2.24, 2.45) is 11.7 Å². The number of ether oxygens (including phenoxy) is 12. The van der Waals surface area contributed by atoms with E-state index >= 15 is 0 Å². The Morgan fingerprint density at radius 1 is 0.456 bits per heavy atom. The van der Waals surface area contributed by atoms with E-state index in [1.807, 2.05) is 63.2 Å². The number of ketones is 1. The van der Waals surface area contributed by atoms with Gasteiger partial charge in [-0.15, -0.1) is 0 Å². The highest BCUT2D eigenvalue weighted by Crippen LogP contribution is 2.52. The van der Waals surface area contributed by atoms with E-state index in [-0.39, 0.29) is 117 Å². The molecule has 0 saturated carbocycles. The van der Waals surface area contributed by atoms with E-state index in [0.29, 0.717) is 224 Å². The number of hydrogen-bond acceptors (Lipinski definition) is 26. The molecular formula is C86H131N6O29S4+. The van der Waals surface area contributed by atoms with E-state index in [9.17, 15) is 75.9 Å². The second-order valence-corrected chi connectivity index (χ2v) is 36.6.